The predicted molar refractivity (Wildman–Crippen MR) is 237 cm³/mol. The van der Waals surface area contributed by atoms with E-state index in [-0.39, 0.29) is 29.3 Å². The molecule has 2 aromatic carbocycles. The molecular formula is C42H54N3O14S4+. The number of benzene rings is 2. The van der Waals surface area contributed by atoms with Crippen LogP contribution in [0.1, 0.15) is 83.8 Å². The van der Waals surface area contributed by atoms with Crippen molar-refractivity contribution in [3.8, 4) is 0 Å². The highest BCUT2D eigenvalue weighted by atomic mass is 32.2. The zero-order chi connectivity index (χ0) is 46.5. The molecule has 1 saturated carbocycles. The lowest BCUT2D eigenvalue weighted by molar-refractivity contribution is -0.540. The van der Waals surface area contributed by atoms with Crippen LogP contribution in [-0.4, -0.2) is 111 Å². The van der Waals surface area contributed by atoms with Gasteiger partial charge in [0.05, 0.1) is 21.3 Å². The van der Waals surface area contributed by atoms with Crippen LogP contribution in [-0.2, 0) is 56.1 Å². The Hall–Kier alpha value is -4.22. The molecule has 0 radical (unpaired) electrons. The summed E-state index contributed by atoms with van der Waals surface area (Å²) in [5.74, 6) is -1.74. The van der Waals surface area contributed by atoms with Gasteiger partial charge in [0.25, 0.3) is 40.5 Å². The monoisotopic (exact) mass is 952 g/mol. The number of aliphatic carboxylic acids is 1. The molecule has 4 aliphatic rings. The number of hydrogen-bond acceptors (Lipinski definition) is 11. The van der Waals surface area contributed by atoms with E-state index >= 15 is 0 Å². The number of anilines is 2. The van der Waals surface area contributed by atoms with Crippen LogP contribution in [0.15, 0.2) is 93.0 Å². The standard InChI is InChI=1S/C42H53N3O14S4/c1-41(2)33-26-31(62(54,55)56)12-14-35(33)44(22-24-60(48,49)50)37(41)16-10-29-8-9-30(40(29)43-20-18-28(19-21-43)6-5-7-39(46)47)11-17-38-42(3,4)34-27-32(63(57,58)59)13-15-36(34)45(38)23-25-61(51,52)53/h10-17,26-28H,5-9,18-25H2,1-4H3,(H4-,46,47,48,49,50,51,52,53,54,55,56,57,58,59)/p+1. The number of hydrogen-bond donors (Lipinski definition) is 5. The molecule has 1 aliphatic carbocycles. The van der Waals surface area contributed by atoms with Crippen molar-refractivity contribution in [2.45, 2.75) is 93.3 Å². The van der Waals surface area contributed by atoms with E-state index in [4.69, 9.17) is 0 Å². The van der Waals surface area contributed by atoms with Crippen LogP contribution >= 0.6 is 0 Å². The molecule has 0 bridgehead atoms. The van der Waals surface area contributed by atoms with Crippen molar-refractivity contribution in [1.82, 2.24) is 0 Å². The Morgan fingerprint density at radius 2 is 1.10 bits per heavy atom. The summed E-state index contributed by atoms with van der Waals surface area (Å²) in [5, 5.41) is 9.18. The fourth-order valence-electron chi connectivity index (χ4n) is 9.31. The van der Waals surface area contributed by atoms with Gasteiger partial charge in [-0.15, -0.1) is 0 Å². The number of fused-ring (bicyclic) bond motifs is 2. The number of carboxylic acid groups (broad SMARTS) is 1. The third kappa shape index (κ3) is 10.8. The largest absolute Gasteiger partial charge is 0.481 e. The highest BCUT2D eigenvalue weighted by Gasteiger charge is 2.43. The second-order valence-corrected chi connectivity index (χ2v) is 23.5. The zero-order valence-corrected chi connectivity index (χ0v) is 38.7. The fraction of sp³-hybridized carbons (Fsp3) is 0.476. The molecule has 344 valence electrons. The van der Waals surface area contributed by atoms with E-state index in [1.54, 1.807) is 9.80 Å². The molecular weight excluding hydrogens is 899 g/mol. The highest BCUT2D eigenvalue weighted by molar-refractivity contribution is 7.86. The number of rotatable bonds is 14. The molecule has 2 aromatic rings. The molecule has 6 rings (SSSR count). The molecule has 5 N–H and O–H groups in total. The Morgan fingerprint density at radius 1 is 0.683 bits per heavy atom. The Balaban J connectivity index is 1.46. The van der Waals surface area contributed by atoms with Gasteiger partial charge in [-0.1, -0.05) is 39.8 Å². The quantitative estimate of drug-likeness (QED) is 0.118. The first-order valence-electron chi connectivity index (χ1n) is 20.4. The van der Waals surface area contributed by atoms with Crippen molar-refractivity contribution in [3.05, 3.63) is 94.4 Å². The lowest BCUT2D eigenvalue weighted by Gasteiger charge is -2.27. The second kappa shape index (κ2) is 17.6. The molecule has 63 heavy (non-hydrogen) atoms. The predicted octanol–water partition coefficient (Wildman–Crippen LogP) is 5.38. The topological polar surface area (TPSA) is 264 Å². The first kappa shape index (κ1) is 48.2. The van der Waals surface area contributed by atoms with Crippen LogP contribution in [0.3, 0.4) is 0 Å². The Bertz CT molecular complexity index is 2640. The summed E-state index contributed by atoms with van der Waals surface area (Å²) in [7, 11) is -17.9. The van der Waals surface area contributed by atoms with E-state index in [0.717, 1.165) is 36.1 Å². The van der Waals surface area contributed by atoms with Gasteiger partial charge >= 0.3 is 5.97 Å². The van der Waals surface area contributed by atoms with Gasteiger partial charge < -0.3 is 14.9 Å². The SMILES string of the molecule is CC1(C)C(=C/C=C2\CC/C(=C\C=C3\N(CCS(=O)(=O)O)c4ccc(S(=O)(=O)O)cc4C3(C)C)C2=[N+]2CCC(CCCC(=O)O)CC2)N(CCS(=O)(=O)O)c2ccc(S(=O)(=O)O)cc21. The highest BCUT2D eigenvalue weighted by Crippen LogP contribution is 2.50. The van der Waals surface area contributed by atoms with Gasteiger partial charge in [0, 0.05) is 77.1 Å². The van der Waals surface area contributed by atoms with Gasteiger partial charge in [0.2, 0.25) is 5.71 Å². The van der Waals surface area contributed by atoms with Crippen molar-refractivity contribution in [1.29, 1.82) is 0 Å². The molecule has 17 nitrogen and oxygen atoms in total. The average molecular weight is 953 g/mol. The number of carboxylic acids is 1. The molecule has 21 heteroatoms. The lowest BCUT2D eigenvalue weighted by atomic mass is 9.83. The van der Waals surface area contributed by atoms with Crippen LogP contribution in [0.4, 0.5) is 11.4 Å². The van der Waals surface area contributed by atoms with Crippen LogP contribution in [0, 0.1) is 5.92 Å². The Kier molecular flexibility index (Phi) is 13.5. The maximum atomic E-state index is 12.1. The lowest BCUT2D eigenvalue weighted by Crippen LogP contribution is -2.32. The van der Waals surface area contributed by atoms with E-state index in [9.17, 15) is 61.8 Å². The van der Waals surface area contributed by atoms with Crippen molar-refractivity contribution in [3.63, 3.8) is 0 Å². The summed E-state index contributed by atoms with van der Waals surface area (Å²) in [5.41, 5.74) is 4.30. The Labute approximate surface area is 369 Å². The molecule has 0 spiro atoms. The summed E-state index contributed by atoms with van der Waals surface area (Å²) >= 11 is 0. The van der Waals surface area contributed by atoms with Gasteiger partial charge in [-0.25, -0.2) is 4.58 Å². The third-order valence-electron chi connectivity index (χ3n) is 12.6. The molecule has 3 heterocycles. The minimum atomic E-state index is -4.57. The first-order valence-corrected chi connectivity index (χ1v) is 26.5. The van der Waals surface area contributed by atoms with E-state index in [1.807, 2.05) is 52.0 Å². The summed E-state index contributed by atoms with van der Waals surface area (Å²) in [6.45, 7) is 8.40. The summed E-state index contributed by atoms with van der Waals surface area (Å²) in [6, 6.07) is 8.15. The molecule has 0 unspecified atom stereocenters. The van der Waals surface area contributed by atoms with Crippen LogP contribution in [0.2, 0.25) is 0 Å². The third-order valence-corrected chi connectivity index (χ3v) is 15.7. The normalized spacial score (nSPS) is 22.8. The zero-order valence-electron chi connectivity index (χ0n) is 35.4. The molecule has 0 atom stereocenters. The molecule has 0 amide bonds. The second-order valence-electron chi connectivity index (χ2n) is 17.5. The van der Waals surface area contributed by atoms with Crippen molar-refractivity contribution in [2.75, 3.05) is 47.5 Å². The number of nitrogens with zero attached hydrogens (tertiary/aromatic N) is 3. The molecule has 0 aromatic heterocycles. The van der Waals surface area contributed by atoms with Crippen LogP contribution < -0.4 is 9.80 Å². The molecule has 2 fully saturated rings. The minimum Gasteiger partial charge on any atom is -0.481 e. The van der Waals surface area contributed by atoms with E-state index < -0.39 is 68.8 Å². The summed E-state index contributed by atoms with van der Waals surface area (Å²) in [4.78, 5) is 14.0. The fourth-order valence-corrected chi connectivity index (χ4v) is 11.2. The van der Waals surface area contributed by atoms with Crippen LogP contribution in [0.25, 0.3) is 0 Å². The van der Waals surface area contributed by atoms with E-state index in [0.29, 0.717) is 72.2 Å². The summed E-state index contributed by atoms with van der Waals surface area (Å²) < 4.78 is 138. The minimum absolute atomic E-state index is 0.0951. The maximum absolute atomic E-state index is 12.1. The number of carbonyl (C=O) groups is 1. The van der Waals surface area contributed by atoms with E-state index in [1.165, 1.54) is 36.4 Å². The van der Waals surface area contributed by atoms with Gasteiger partial charge in [-0.3, -0.25) is 23.0 Å². The average Bonchev–Trinajstić information content (AvgIpc) is 3.74. The van der Waals surface area contributed by atoms with E-state index in [2.05, 4.69) is 4.58 Å². The van der Waals surface area contributed by atoms with Crippen LogP contribution in [0.5, 0.6) is 0 Å². The Morgan fingerprint density at radius 3 is 1.46 bits per heavy atom. The smallest absolute Gasteiger partial charge is 0.303 e. The van der Waals surface area contributed by atoms with Gasteiger partial charge in [0.1, 0.15) is 13.1 Å². The first-order chi connectivity index (χ1) is 29.1. The molecule has 1 saturated heterocycles. The number of piperidine rings is 1. The van der Waals surface area contributed by atoms with Gasteiger partial charge in [-0.2, -0.15) is 33.7 Å². The van der Waals surface area contributed by atoms with Crippen molar-refractivity contribution >= 4 is 63.5 Å². The van der Waals surface area contributed by atoms with Gasteiger partial charge in [-0.05, 0) is 91.3 Å². The van der Waals surface area contributed by atoms with Crippen molar-refractivity contribution < 1.29 is 66.4 Å². The van der Waals surface area contributed by atoms with Gasteiger partial charge in [0.15, 0.2) is 0 Å². The maximum Gasteiger partial charge on any atom is 0.303 e. The van der Waals surface area contributed by atoms with Crippen molar-refractivity contribution in [2.24, 2.45) is 5.92 Å². The number of allylic oxidation sites excluding steroid dienone is 8. The summed E-state index contributed by atoms with van der Waals surface area (Å²) in [6.07, 6.45) is 11.8. The molecule has 3 aliphatic heterocycles.